The number of likely N-dealkylation sites (tertiary alicyclic amines) is 1. The van der Waals surface area contributed by atoms with Crippen LogP contribution < -0.4 is 51.4 Å². The minimum Gasteiger partial charge on any atom is -0.358 e. The van der Waals surface area contributed by atoms with E-state index < -0.39 is 0 Å². The van der Waals surface area contributed by atoms with E-state index in [1.54, 1.807) is 0 Å². The van der Waals surface area contributed by atoms with Gasteiger partial charge in [-0.15, -0.1) is 0 Å². The smallest absolute Gasteiger partial charge is 0.358 e. The Labute approximate surface area is 131 Å². The first kappa shape index (κ1) is 17.5. The fourth-order valence-electron chi connectivity index (χ4n) is 1.51. The van der Waals surface area contributed by atoms with Crippen LogP contribution in [0.1, 0.15) is 19.3 Å². The number of amides is 1. The molecule has 14 heavy (non-hydrogen) atoms. The Hall–Kier alpha value is 1.07. The van der Waals surface area contributed by atoms with Gasteiger partial charge in [-0.1, -0.05) is 0 Å². The molecule has 4 heteroatoms. The van der Waals surface area contributed by atoms with Gasteiger partial charge in [0.15, 0.2) is 0 Å². The Morgan fingerprint density at radius 3 is 2.14 bits per heavy atom. The molecule has 1 aliphatic heterocycles. The summed E-state index contributed by atoms with van der Waals surface area (Å²) in [5, 5.41) is 0. The third-order valence-electron chi connectivity index (χ3n) is 2.16. The van der Waals surface area contributed by atoms with E-state index in [2.05, 4.69) is 0 Å². The summed E-state index contributed by atoms with van der Waals surface area (Å²) >= 11 is 0. The van der Waals surface area contributed by atoms with E-state index in [4.69, 9.17) is 0 Å². The molecule has 0 aromatic rings. The molecule has 1 rings (SSSR count). The van der Waals surface area contributed by atoms with Crippen LogP contribution in [0.15, 0.2) is 0 Å². The Bertz CT molecular complexity index is 156. The van der Waals surface area contributed by atoms with Gasteiger partial charge in [-0.2, -0.15) is 0 Å². The molecule has 0 atom stereocenters. The zero-order chi connectivity index (χ0) is 8.97. The van der Waals surface area contributed by atoms with E-state index in [1.165, 1.54) is 19.3 Å². The van der Waals surface area contributed by atoms with Crippen LogP contribution in [-0.2, 0) is 4.79 Å². The van der Waals surface area contributed by atoms with Crippen molar-refractivity contribution in [2.75, 3.05) is 33.7 Å². The van der Waals surface area contributed by atoms with Crippen molar-refractivity contribution < 1.29 is 56.2 Å². The molecule has 0 spiro atoms. The fraction of sp³-hybridized carbons (Fsp3) is 0.800. The summed E-state index contributed by atoms with van der Waals surface area (Å²) < 4.78 is 0. The van der Waals surface area contributed by atoms with Gasteiger partial charge in [0, 0.05) is 13.1 Å². The number of likely N-dealkylation sites (N-methyl/N-ethyl adjacent to an activating group) is 1. The van der Waals surface area contributed by atoms with Gasteiger partial charge in [0.25, 0.3) is 0 Å². The second-order valence-electron chi connectivity index (χ2n) is 3.68. The van der Waals surface area contributed by atoms with E-state index in [9.17, 15) is 4.79 Å². The standard InChI is InChI=1S/C9H18N2O.CH3.K/c1-10(2)8-9(12)11-6-4-3-5-7-11;;/h3-8H2,1-2H3;1H3;/q;-1;+1. The predicted octanol–water partition coefficient (Wildman–Crippen LogP) is -1.99. The molecule has 0 bridgehead atoms. The Morgan fingerprint density at radius 2 is 1.71 bits per heavy atom. The zero-order valence-corrected chi connectivity index (χ0v) is 13.2. The van der Waals surface area contributed by atoms with Crippen molar-refractivity contribution in [1.82, 2.24) is 9.80 Å². The van der Waals surface area contributed by atoms with Crippen LogP contribution in [0.5, 0.6) is 0 Å². The summed E-state index contributed by atoms with van der Waals surface area (Å²) in [6, 6.07) is 0. The minimum atomic E-state index is 0. The van der Waals surface area contributed by atoms with Crippen molar-refractivity contribution in [2.24, 2.45) is 0 Å². The quantitative estimate of drug-likeness (QED) is 0.401. The van der Waals surface area contributed by atoms with Crippen LogP contribution in [0.4, 0.5) is 0 Å². The molecule has 3 nitrogen and oxygen atoms in total. The van der Waals surface area contributed by atoms with Crippen LogP contribution in [0.25, 0.3) is 0 Å². The predicted molar refractivity (Wildman–Crippen MR) is 55.4 cm³/mol. The average Bonchev–Trinajstić information content (AvgIpc) is 2.05. The maximum absolute atomic E-state index is 11.5. The molecule has 78 valence electrons. The summed E-state index contributed by atoms with van der Waals surface area (Å²) in [4.78, 5) is 15.4. The fourth-order valence-corrected chi connectivity index (χ4v) is 1.51. The van der Waals surface area contributed by atoms with Crippen molar-refractivity contribution in [1.29, 1.82) is 0 Å². The first-order valence-electron chi connectivity index (χ1n) is 4.62. The minimum absolute atomic E-state index is 0. The van der Waals surface area contributed by atoms with E-state index >= 15 is 0 Å². The van der Waals surface area contributed by atoms with Gasteiger partial charge in [-0.25, -0.2) is 0 Å². The first-order chi connectivity index (χ1) is 5.70. The van der Waals surface area contributed by atoms with Gasteiger partial charge >= 0.3 is 51.4 Å². The number of hydrogen-bond donors (Lipinski definition) is 0. The Kier molecular flexibility index (Phi) is 11.6. The number of carbonyl (C=O) groups excluding carboxylic acids is 1. The molecule has 1 saturated heterocycles. The third kappa shape index (κ3) is 6.53. The number of piperidine rings is 1. The summed E-state index contributed by atoms with van der Waals surface area (Å²) in [6.07, 6.45) is 3.64. The monoisotopic (exact) mass is 224 g/mol. The van der Waals surface area contributed by atoms with E-state index in [0.717, 1.165) is 13.1 Å². The molecule has 0 unspecified atom stereocenters. The molecule has 1 fully saturated rings. The number of hydrogen-bond acceptors (Lipinski definition) is 2. The van der Waals surface area contributed by atoms with Crippen LogP contribution in [0, 0.1) is 7.43 Å². The third-order valence-corrected chi connectivity index (χ3v) is 2.16. The van der Waals surface area contributed by atoms with Gasteiger partial charge in [0.05, 0.1) is 6.54 Å². The summed E-state index contributed by atoms with van der Waals surface area (Å²) in [5.74, 6) is 0.278. The molecule has 0 aromatic carbocycles. The number of nitrogens with zero attached hydrogens (tertiary/aromatic N) is 2. The SMILES string of the molecule is CN(C)CC(=O)N1CCCCC1.[CH3-].[K+]. The maximum atomic E-state index is 11.5. The van der Waals surface area contributed by atoms with Gasteiger partial charge < -0.3 is 17.2 Å². The van der Waals surface area contributed by atoms with Crippen LogP contribution >= 0.6 is 0 Å². The normalized spacial score (nSPS) is 15.8. The van der Waals surface area contributed by atoms with Crippen molar-refractivity contribution in [3.05, 3.63) is 7.43 Å². The van der Waals surface area contributed by atoms with E-state index in [0.29, 0.717) is 6.54 Å². The molecule has 1 aliphatic rings. The molecular weight excluding hydrogens is 203 g/mol. The van der Waals surface area contributed by atoms with Crippen LogP contribution in [0.3, 0.4) is 0 Å². The molecule has 0 radical (unpaired) electrons. The number of carbonyl (C=O) groups is 1. The summed E-state index contributed by atoms with van der Waals surface area (Å²) in [5.41, 5.74) is 0. The topological polar surface area (TPSA) is 23.6 Å². The zero-order valence-electron chi connectivity index (χ0n) is 10.0. The second kappa shape index (κ2) is 9.30. The Morgan fingerprint density at radius 1 is 1.21 bits per heavy atom. The molecule has 0 aliphatic carbocycles. The summed E-state index contributed by atoms with van der Waals surface area (Å²) in [7, 11) is 3.86. The largest absolute Gasteiger partial charge is 1.00 e. The molecule has 0 saturated carbocycles. The average molecular weight is 224 g/mol. The second-order valence-corrected chi connectivity index (χ2v) is 3.68. The summed E-state index contributed by atoms with van der Waals surface area (Å²) in [6.45, 7) is 2.49. The van der Waals surface area contributed by atoms with Crippen molar-refractivity contribution in [3.8, 4) is 0 Å². The van der Waals surface area contributed by atoms with Crippen LogP contribution in [0.2, 0.25) is 0 Å². The molecule has 0 aromatic heterocycles. The molecule has 1 heterocycles. The number of rotatable bonds is 2. The van der Waals surface area contributed by atoms with Gasteiger partial charge in [-0.3, -0.25) is 4.79 Å². The first-order valence-corrected chi connectivity index (χ1v) is 4.62. The molecule has 1 amide bonds. The van der Waals surface area contributed by atoms with Crippen LogP contribution in [-0.4, -0.2) is 49.4 Å². The van der Waals surface area contributed by atoms with Crippen molar-refractivity contribution in [2.45, 2.75) is 19.3 Å². The molecular formula is C10H21KN2O. The van der Waals surface area contributed by atoms with E-state index in [-0.39, 0.29) is 64.7 Å². The molecule has 0 N–H and O–H groups in total. The van der Waals surface area contributed by atoms with Crippen molar-refractivity contribution in [3.63, 3.8) is 0 Å². The van der Waals surface area contributed by atoms with Gasteiger partial charge in [0.2, 0.25) is 5.91 Å². The van der Waals surface area contributed by atoms with Gasteiger partial charge in [0.1, 0.15) is 0 Å². The Balaban J connectivity index is 0. The maximum Gasteiger partial charge on any atom is 1.00 e. The van der Waals surface area contributed by atoms with Gasteiger partial charge in [-0.05, 0) is 33.4 Å². The van der Waals surface area contributed by atoms with Crippen molar-refractivity contribution >= 4 is 5.91 Å². The van der Waals surface area contributed by atoms with E-state index in [1.807, 2.05) is 23.9 Å².